The van der Waals surface area contributed by atoms with E-state index < -0.39 is 5.56 Å². The zero-order valence-electron chi connectivity index (χ0n) is 13.5. The van der Waals surface area contributed by atoms with E-state index in [0.717, 1.165) is 5.56 Å². The number of pyridine rings is 1. The van der Waals surface area contributed by atoms with E-state index in [0.29, 0.717) is 29.2 Å². The summed E-state index contributed by atoms with van der Waals surface area (Å²) in [5.41, 5.74) is 1.99. The molecule has 0 saturated heterocycles. The molecule has 0 aliphatic rings. The fraction of sp³-hybridized carbons (Fsp3) is 0.100. The summed E-state index contributed by atoms with van der Waals surface area (Å²) in [5, 5.41) is 9.35. The summed E-state index contributed by atoms with van der Waals surface area (Å²) in [4.78, 5) is 15.0. The lowest BCUT2D eigenvalue weighted by molar-refractivity contribution is 0.340. The Morgan fingerprint density at radius 3 is 2.32 bits per heavy atom. The van der Waals surface area contributed by atoms with Gasteiger partial charge in [-0.25, -0.2) is 4.39 Å². The van der Waals surface area contributed by atoms with Gasteiger partial charge in [0.05, 0.1) is 6.61 Å². The molecule has 25 heavy (non-hydrogen) atoms. The summed E-state index contributed by atoms with van der Waals surface area (Å²) in [6.45, 7) is 2.45. The maximum Gasteiger partial charge on any atom is 0.266 e. The molecule has 0 aliphatic carbocycles. The summed E-state index contributed by atoms with van der Waals surface area (Å²) in [6.07, 6.45) is 0. The highest BCUT2D eigenvalue weighted by molar-refractivity contribution is 5.75. The van der Waals surface area contributed by atoms with Crippen LogP contribution in [0.15, 0.2) is 59.4 Å². The number of rotatable bonds is 4. The monoisotopic (exact) mass is 334 g/mol. The molecule has 0 atom stereocenters. The molecule has 1 aromatic heterocycles. The van der Waals surface area contributed by atoms with Crippen LogP contribution in [0, 0.1) is 17.1 Å². The van der Waals surface area contributed by atoms with Crippen LogP contribution in [0.2, 0.25) is 0 Å². The molecule has 0 fully saturated rings. The molecular weight excluding hydrogens is 319 g/mol. The minimum atomic E-state index is -0.479. The number of aromatic nitrogens is 1. The quantitative estimate of drug-likeness (QED) is 0.780. The summed E-state index contributed by atoms with van der Waals surface area (Å²) < 4.78 is 18.5. The molecule has 2 aromatic carbocycles. The van der Waals surface area contributed by atoms with Gasteiger partial charge in [-0.15, -0.1) is 0 Å². The molecule has 0 aliphatic heterocycles. The second-order valence-electron chi connectivity index (χ2n) is 5.38. The van der Waals surface area contributed by atoms with Gasteiger partial charge < -0.3 is 9.72 Å². The minimum Gasteiger partial charge on any atom is -0.494 e. The molecule has 0 unspecified atom stereocenters. The maximum atomic E-state index is 13.1. The lowest BCUT2D eigenvalue weighted by Gasteiger charge is -2.09. The van der Waals surface area contributed by atoms with Crippen molar-refractivity contribution < 1.29 is 9.13 Å². The van der Waals surface area contributed by atoms with E-state index in [-0.39, 0.29) is 11.4 Å². The highest BCUT2D eigenvalue weighted by Gasteiger charge is 2.12. The average Bonchev–Trinajstić information content (AvgIpc) is 2.62. The SMILES string of the molecule is CCOc1ccc(-c2cc(-c3ccc(F)cc3)[nH]c(=O)c2C#N)cc1. The summed E-state index contributed by atoms with van der Waals surface area (Å²) in [7, 11) is 0. The zero-order chi connectivity index (χ0) is 17.8. The first-order chi connectivity index (χ1) is 12.1. The predicted octanol–water partition coefficient (Wildman–Crippen LogP) is 4.12. The zero-order valence-corrected chi connectivity index (χ0v) is 13.5. The molecule has 4 nitrogen and oxygen atoms in total. The van der Waals surface area contributed by atoms with Crippen molar-refractivity contribution >= 4 is 0 Å². The molecule has 3 aromatic rings. The molecule has 1 N–H and O–H groups in total. The fourth-order valence-corrected chi connectivity index (χ4v) is 2.58. The van der Waals surface area contributed by atoms with Crippen molar-refractivity contribution in [3.05, 3.63) is 76.3 Å². The average molecular weight is 334 g/mol. The number of nitrogens with one attached hydrogen (secondary N) is 1. The van der Waals surface area contributed by atoms with E-state index in [1.54, 1.807) is 42.5 Å². The van der Waals surface area contributed by atoms with E-state index in [2.05, 4.69) is 4.98 Å². The van der Waals surface area contributed by atoms with E-state index in [1.165, 1.54) is 12.1 Å². The third kappa shape index (κ3) is 3.43. The minimum absolute atomic E-state index is 0.0371. The van der Waals surface area contributed by atoms with Crippen LogP contribution in [0.3, 0.4) is 0 Å². The largest absolute Gasteiger partial charge is 0.494 e. The molecular formula is C20H15FN2O2. The van der Waals surface area contributed by atoms with Crippen molar-refractivity contribution in [2.45, 2.75) is 6.92 Å². The molecule has 5 heteroatoms. The van der Waals surface area contributed by atoms with Crippen molar-refractivity contribution in [1.82, 2.24) is 4.98 Å². The number of halogens is 1. The number of hydrogen-bond donors (Lipinski definition) is 1. The Kier molecular flexibility index (Phi) is 4.62. The van der Waals surface area contributed by atoms with Gasteiger partial charge in [-0.05, 0) is 60.5 Å². The van der Waals surface area contributed by atoms with E-state index in [9.17, 15) is 14.4 Å². The van der Waals surface area contributed by atoms with Crippen LogP contribution < -0.4 is 10.3 Å². The molecule has 0 saturated carbocycles. The highest BCUT2D eigenvalue weighted by atomic mass is 19.1. The first kappa shape index (κ1) is 16.5. The topological polar surface area (TPSA) is 65.9 Å². The second-order valence-corrected chi connectivity index (χ2v) is 5.38. The fourth-order valence-electron chi connectivity index (χ4n) is 2.58. The summed E-state index contributed by atoms with van der Waals surface area (Å²) in [5.74, 6) is 0.361. The number of aromatic amines is 1. The van der Waals surface area contributed by atoms with E-state index in [4.69, 9.17) is 4.74 Å². The van der Waals surface area contributed by atoms with Crippen LogP contribution in [-0.2, 0) is 0 Å². The Morgan fingerprint density at radius 1 is 1.08 bits per heavy atom. The lowest BCUT2D eigenvalue weighted by atomic mass is 9.99. The normalized spacial score (nSPS) is 10.3. The molecule has 124 valence electrons. The van der Waals surface area contributed by atoms with Crippen LogP contribution in [0.4, 0.5) is 4.39 Å². The highest BCUT2D eigenvalue weighted by Crippen LogP contribution is 2.27. The van der Waals surface area contributed by atoms with Crippen molar-refractivity contribution in [1.29, 1.82) is 5.26 Å². The first-order valence-electron chi connectivity index (χ1n) is 7.79. The second kappa shape index (κ2) is 7.02. The van der Waals surface area contributed by atoms with Crippen LogP contribution in [0.5, 0.6) is 5.75 Å². The Hall–Kier alpha value is -3.39. The van der Waals surface area contributed by atoms with Crippen molar-refractivity contribution in [2.24, 2.45) is 0 Å². The molecule has 0 radical (unpaired) electrons. The van der Waals surface area contributed by atoms with Crippen LogP contribution in [0.25, 0.3) is 22.4 Å². The lowest BCUT2D eigenvalue weighted by Crippen LogP contribution is -2.12. The number of nitrogens with zero attached hydrogens (tertiary/aromatic N) is 1. The van der Waals surface area contributed by atoms with Gasteiger partial charge in [-0.2, -0.15) is 5.26 Å². The number of ether oxygens (including phenoxy) is 1. The van der Waals surface area contributed by atoms with Gasteiger partial charge >= 0.3 is 0 Å². The van der Waals surface area contributed by atoms with Crippen LogP contribution in [0.1, 0.15) is 12.5 Å². The number of benzene rings is 2. The van der Waals surface area contributed by atoms with E-state index >= 15 is 0 Å². The van der Waals surface area contributed by atoms with Gasteiger partial charge in [0, 0.05) is 11.3 Å². The Morgan fingerprint density at radius 2 is 1.72 bits per heavy atom. The number of hydrogen-bond acceptors (Lipinski definition) is 3. The Balaban J connectivity index is 2.13. The number of nitriles is 1. The molecule has 0 amide bonds. The van der Waals surface area contributed by atoms with Crippen LogP contribution in [-0.4, -0.2) is 11.6 Å². The summed E-state index contributed by atoms with van der Waals surface area (Å²) in [6, 6.07) is 16.7. The predicted molar refractivity (Wildman–Crippen MR) is 93.8 cm³/mol. The van der Waals surface area contributed by atoms with Gasteiger partial charge in [-0.1, -0.05) is 12.1 Å². The third-order valence-corrected chi connectivity index (χ3v) is 3.78. The molecule has 0 spiro atoms. The van der Waals surface area contributed by atoms with Gasteiger partial charge in [0.2, 0.25) is 0 Å². The third-order valence-electron chi connectivity index (χ3n) is 3.78. The Labute approximate surface area is 144 Å². The number of H-pyrrole nitrogens is 1. The van der Waals surface area contributed by atoms with E-state index in [1.807, 2.05) is 13.0 Å². The van der Waals surface area contributed by atoms with Crippen molar-refractivity contribution in [3.63, 3.8) is 0 Å². The van der Waals surface area contributed by atoms with Crippen LogP contribution >= 0.6 is 0 Å². The molecule has 1 heterocycles. The van der Waals surface area contributed by atoms with Gasteiger partial charge in [0.25, 0.3) is 5.56 Å². The van der Waals surface area contributed by atoms with Crippen molar-refractivity contribution in [2.75, 3.05) is 6.61 Å². The standard InChI is InChI=1S/C20H15FN2O2/c1-2-25-16-9-5-13(6-10-16)17-11-19(23-20(24)18(17)12-22)14-3-7-15(21)8-4-14/h3-11H,2H2,1H3,(H,23,24). The maximum absolute atomic E-state index is 13.1. The first-order valence-corrected chi connectivity index (χ1v) is 7.79. The summed E-state index contributed by atoms with van der Waals surface area (Å²) >= 11 is 0. The molecule has 3 rings (SSSR count). The van der Waals surface area contributed by atoms with Gasteiger partial charge in [-0.3, -0.25) is 4.79 Å². The smallest absolute Gasteiger partial charge is 0.266 e. The van der Waals surface area contributed by atoms with Crippen molar-refractivity contribution in [3.8, 4) is 34.2 Å². The molecule has 0 bridgehead atoms. The van der Waals surface area contributed by atoms with Gasteiger partial charge in [0.15, 0.2) is 0 Å². The van der Waals surface area contributed by atoms with Gasteiger partial charge in [0.1, 0.15) is 23.2 Å². The Bertz CT molecular complexity index is 984.